The topological polar surface area (TPSA) is 46.5 Å². The first kappa shape index (κ1) is 17.8. The molecule has 0 radical (unpaired) electrons. The molecule has 1 aromatic rings. The molecule has 1 N–H and O–H groups in total. The number of benzene rings is 1. The lowest BCUT2D eigenvalue weighted by Crippen LogP contribution is -1.98. The Bertz CT molecular complexity index is 553. The fourth-order valence-corrected chi connectivity index (χ4v) is 1.96. The molecule has 1 atom stereocenters. The number of methoxy groups -OCH3 is 1. The van der Waals surface area contributed by atoms with Crippen molar-refractivity contribution >= 4 is 5.78 Å². The Balaban J connectivity index is 2.65. The summed E-state index contributed by atoms with van der Waals surface area (Å²) >= 11 is 0. The van der Waals surface area contributed by atoms with Gasteiger partial charge in [-0.1, -0.05) is 50.3 Å². The number of carbonyl (C=O) groups is 1. The predicted octanol–water partition coefficient (Wildman–Crippen LogP) is 4.83. The van der Waals surface area contributed by atoms with Crippen molar-refractivity contribution in [1.29, 1.82) is 0 Å². The second-order valence-electron chi connectivity index (χ2n) is 5.00. The van der Waals surface area contributed by atoms with Gasteiger partial charge in [0.05, 0.1) is 18.6 Å². The summed E-state index contributed by atoms with van der Waals surface area (Å²) < 4.78 is 5.30. The van der Waals surface area contributed by atoms with Crippen molar-refractivity contribution in [2.45, 2.75) is 26.7 Å². The maximum Gasteiger partial charge on any atom is 0.185 e. The molecule has 0 aliphatic heterocycles. The number of aliphatic hydroxyl groups excluding tert-OH is 1. The molecule has 0 spiro atoms. The fraction of sp³-hybridized carbons (Fsp3) is 0.316. The molecule has 0 aliphatic rings. The van der Waals surface area contributed by atoms with Gasteiger partial charge in [-0.05, 0) is 24.6 Å². The SMILES string of the molecule is CC/C=C(/O)C(C)/C=C(\C/C=C/C(=O)c1ccccc1)OC. The number of rotatable bonds is 8. The fourth-order valence-electron chi connectivity index (χ4n) is 1.96. The number of allylic oxidation sites excluding steroid dienone is 4. The van der Waals surface area contributed by atoms with Crippen molar-refractivity contribution in [3.05, 3.63) is 71.7 Å². The molecule has 0 fully saturated rings. The van der Waals surface area contributed by atoms with Crippen molar-refractivity contribution in [2.24, 2.45) is 5.92 Å². The molecule has 3 heteroatoms. The lowest BCUT2D eigenvalue weighted by atomic mass is 10.1. The van der Waals surface area contributed by atoms with Crippen LogP contribution < -0.4 is 0 Å². The third-order valence-electron chi connectivity index (χ3n) is 3.22. The van der Waals surface area contributed by atoms with Crippen molar-refractivity contribution in [1.82, 2.24) is 0 Å². The third-order valence-corrected chi connectivity index (χ3v) is 3.22. The van der Waals surface area contributed by atoms with Crippen LogP contribution in [0.2, 0.25) is 0 Å². The molecule has 0 saturated heterocycles. The molecule has 1 unspecified atom stereocenters. The number of hydrogen-bond donors (Lipinski definition) is 1. The van der Waals surface area contributed by atoms with E-state index in [1.54, 1.807) is 37.5 Å². The molecule has 22 heavy (non-hydrogen) atoms. The number of ether oxygens (including phenoxy) is 1. The molecule has 0 bridgehead atoms. The molecule has 1 aromatic carbocycles. The highest BCUT2D eigenvalue weighted by Crippen LogP contribution is 2.15. The zero-order valence-corrected chi connectivity index (χ0v) is 13.5. The lowest BCUT2D eigenvalue weighted by molar-refractivity contribution is 0.104. The molecule has 118 valence electrons. The molecule has 0 aliphatic carbocycles. The molecule has 0 amide bonds. The first-order valence-electron chi connectivity index (χ1n) is 7.48. The van der Waals surface area contributed by atoms with Gasteiger partial charge in [-0.25, -0.2) is 0 Å². The number of aliphatic hydroxyl groups is 1. The van der Waals surface area contributed by atoms with Gasteiger partial charge in [0.2, 0.25) is 0 Å². The minimum absolute atomic E-state index is 0.0298. The highest BCUT2D eigenvalue weighted by atomic mass is 16.5. The van der Waals surface area contributed by atoms with Crippen molar-refractivity contribution in [3.63, 3.8) is 0 Å². The summed E-state index contributed by atoms with van der Waals surface area (Å²) in [5.74, 6) is 0.924. The van der Waals surface area contributed by atoms with E-state index in [-0.39, 0.29) is 11.7 Å². The zero-order chi connectivity index (χ0) is 16.4. The minimum atomic E-state index is -0.104. The average molecular weight is 300 g/mol. The maximum absolute atomic E-state index is 11.9. The number of carbonyl (C=O) groups excluding carboxylic acids is 1. The van der Waals surface area contributed by atoms with Gasteiger partial charge in [0.25, 0.3) is 0 Å². The van der Waals surface area contributed by atoms with Crippen molar-refractivity contribution < 1.29 is 14.6 Å². The van der Waals surface area contributed by atoms with E-state index in [9.17, 15) is 9.90 Å². The van der Waals surface area contributed by atoms with E-state index in [0.29, 0.717) is 17.7 Å². The molecular formula is C19H24O3. The van der Waals surface area contributed by atoms with Crippen LogP contribution in [-0.2, 0) is 4.74 Å². The van der Waals surface area contributed by atoms with E-state index >= 15 is 0 Å². The van der Waals surface area contributed by atoms with Gasteiger partial charge in [0.15, 0.2) is 5.78 Å². The van der Waals surface area contributed by atoms with Gasteiger partial charge < -0.3 is 9.84 Å². The van der Waals surface area contributed by atoms with Crippen LogP contribution in [0.15, 0.2) is 66.2 Å². The Hall–Kier alpha value is -2.29. The highest BCUT2D eigenvalue weighted by Gasteiger charge is 2.06. The Labute approximate surface area is 132 Å². The van der Waals surface area contributed by atoms with Crippen LogP contribution in [0.5, 0.6) is 0 Å². The van der Waals surface area contributed by atoms with E-state index in [4.69, 9.17) is 4.74 Å². The van der Waals surface area contributed by atoms with Crippen LogP contribution in [0.25, 0.3) is 0 Å². The molecular weight excluding hydrogens is 276 g/mol. The van der Waals surface area contributed by atoms with Crippen LogP contribution in [0.3, 0.4) is 0 Å². The van der Waals surface area contributed by atoms with Gasteiger partial charge in [-0.2, -0.15) is 0 Å². The van der Waals surface area contributed by atoms with Crippen LogP contribution in [0.1, 0.15) is 37.0 Å². The lowest BCUT2D eigenvalue weighted by Gasteiger charge is -2.09. The first-order valence-corrected chi connectivity index (χ1v) is 7.48. The smallest absolute Gasteiger partial charge is 0.185 e. The average Bonchev–Trinajstić information content (AvgIpc) is 2.54. The Kier molecular flexibility index (Phi) is 7.76. The van der Waals surface area contributed by atoms with E-state index < -0.39 is 0 Å². The van der Waals surface area contributed by atoms with E-state index in [2.05, 4.69) is 0 Å². The second-order valence-corrected chi connectivity index (χ2v) is 5.00. The van der Waals surface area contributed by atoms with Crippen LogP contribution in [0.4, 0.5) is 0 Å². The van der Waals surface area contributed by atoms with Gasteiger partial charge >= 0.3 is 0 Å². The predicted molar refractivity (Wildman–Crippen MR) is 89.8 cm³/mol. The summed E-state index contributed by atoms with van der Waals surface area (Å²) in [6.45, 7) is 3.88. The quantitative estimate of drug-likeness (QED) is 0.425. The summed E-state index contributed by atoms with van der Waals surface area (Å²) in [6, 6.07) is 9.13. The zero-order valence-electron chi connectivity index (χ0n) is 13.5. The Morgan fingerprint density at radius 1 is 1.32 bits per heavy atom. The first-order chi connectivity index (χ1) is 10.6. The maximum atomic E-state index is 11.9. The number of ketones is 1. The van der Waals surface area contributed by atoms with Crippen LogP contribution in [0, 0.1) is 5.92 Å². The van der Waals surface area contributed by atoms with E-state index in [1.807, 2.05) is 38.1 Å². The largest absolute Gasteiger partial charge is 0.512 e. The molecule has 0 heterocycles. The van der Waals surface area contributed by atoms with Crippen LogP contribution >= 0.6 is 0 Å². The normalized spacial score (nSPS) is 14.1. The summed E-state index contributed by atoms with van der Waals surface area (Å²) in [4.78, 5) is 11.9. The second kappa shape index (κ2) is 9.61. The molecule has 3 nitrogen and oxygen atoms in total. The molecule has 0 aromatic heterocycles. The summed E-state index contributed by atoms with van der Waals surface area (Å²) in [5.41, 5.74) is 0.665. The van der Waals surface area contributed by atoms with E-state index in [0.717, 1.165) is 12.2 Å². The van der Waals surface area contributed by atoms with Crippen molar-refractivity contribution in [3.8, 4) is 0 Å². The van der Waals surface area contributed by atoms with Gasteiger partial charge in [-0.15, -0.1) is 0 Å². The summed E-state index contributed by atoms with van der Waals surface area (Å²) in [5, 5.41) is 9.81. The summed E-state index contributed by atoms with van der Waals surface area (Å²) in [7, 11) is 1.59. The van der Waals surface area contributed by atoms with Crippen LogP contribution in [-0.4, -0.2) is 18.0 Å². The Morgan fingerprint density at radius 3 is 2.59 bits per heavy atom. The Morgan fingerprint density at radius 2 is 2.00 bits per heavy atom. The van der Waals surface area contributed by atoms with E-state index in [1.165, 1.54) is 0 Å². The standard InChI is InChI=1S/C19H24O3/c1-4-9-18(20)15(2)14-17(22-3)12-8-13-19(21)16-10-6-5-7-11-16/h5-11,13-15,20H,4,12H2,1-3H3/b13-8+,17-14+,18-9+. The van der Waals surface area contributed by atoms with Gasteiger partial charge in [-0.3, -0.25) is 4.79 Å². The van der Waals surface area contributed by atoms with Crippen molar-refractivity contribution in [2.75, 3.05) is 7.11 Å². The molecule has 0 saturated carbocycles. The highest BCUT2D eigenvalue weighted by molar-refractivity contribution is 6.04. The minimum Gasteiger partial charge on any atom is -0.512 e. The number of hydrogen-bond acceptors (Lipinski definition) is 3. The van der Waals surface area contributed by atoms with Gasteiger partial charge in [0, 0.05) is 17.9 Å². The van der Waals surface area contributed by atoms with Gasteiger partial charge in [0.1, 0.15) is 0 Å². The third kappa shape index (κ3) is 6.00. The monoisotopic (exact) mass is 300 g/mol. The summed E-state index contributed by atoms with van der Waals surface area (Å²) in [6.07, 6.45) is 8.27. The molecule has 1 rings (SSSR count).